The molecule has 0 fully saturated rings. The normalized spacial score (nSPS) is 10.3. The van der Waals surface area contributed by atoms with E-state index in [2.05, 4.69) is 4.98 Å². The number of carbonyl (C=O) groups is 1. The number of hydrogen-bond acceptors (Lipinski definition) is 3. The quantitative estimate of drug-likeness (QED) is 0.868. The number of nitrogens with two attached hydrogens (primary N) is 1. The molecule has 1 aromatic heterocycles. The zero-order valence-electron chi connectivity index (χ0n) is 11.8. The van der Waals surface area contributed by atoms with E-state index in [1.54, 1.807) is 11.0 Å². The van der Waals surface area contributed by atoms with Gasteiger partial charge in [-0.2, -0.15) is 0 Å². The zero-order valence-corrected chi connectivity index (χ0v) is 11.8. The van der Waals surface area contributed by atoms with Crippen LogP contribution < -0.4 is 5.73 Å². The number of anilines is 1. The van der Waals surface area contributed by atoms with Gasteiger partial charge in [0, 0.05) is 24.5 Å². The molecule has 0 bridgehead atoms. The highest BCUT2D eigenvalue weighted by atomic mass is 16.2. The molecule has 4 nitrogen and oxygen atoms in total. The first-order valence-electron chi connectivity index (χ1n) is 6.68. The Morgan fingerprint density at radius 3 is 2.60 bits per heavy atom. The van der Waals surface area contributed by atoms with Crippen LogP contribution in [0.2, 0.25) is 0 Å². The third-order valence-electron chi connectivity index (χ3n) is 3.19. The summed E-state index contributed by atoms with van der Waals surface area (Å²) in [5.74, 6) is -0.0700. The molecule has 0 aliphatic carbocycles. The van der Waals surface area contributed by atoms with Crippen molar-refractivity contribution in [1.29, 1.82) is 0 Å². The van der Waals surface area contributed by atoms with Gasteiger partial charge in [-0.1, -0.05) is 24.3 Å². The van der Waals surface area contributed by atoms with Crippen LogP contribution in [-0.2, 0) is 6.54 Å². The summed E-state index contributed by atoms with van der Waals surface area (Å²) in [6.07, 6.45) is 0. The molecule has 2 N–H and O–H groups in total. The maximum atomic E-state index is 12.5. The summed E-state index contributed by atoms with van der Waals surface area (Å²) in [5.41, 5.74) is 8.90. The zero-order chi connectivity index (χ0) is 14.5. The van der Waals surface area contributed by atoms with Crippen LogP contribution >= 0.6 is 0 Å². The number of pyridine rings is 1. The molecule has 20 heavy (non-hydrogen) atoms. The predicted molar refractivity (Wildman–Crippen MR) is 80.2 cm³/mol. The lowest BCUT2D eigenvalue weighted by molar-refractivity contribution is 0.0747. The van der Waals surface area contributed by atoms with E-state index in [0.29, 0.717) is 24.5 Å². The number of benzene rings is 1. The van der Waals surface area contributed by atoms with Gasteiger partial charge in [0.15, 0.2) is 0 Å². The number of aromatic nitrogens is 1. The van der Waals surface area contributed by atoms with E-state index in [1.807, 2.05) is 50.2 Å². The monoisotopic (exact) mass is 269 g/mol. The van der Waals surface area contributed by atoms with Crippen molar-refractivity contribution >= 4 is 11.6 Å². The lowest BCUT2D eigenvalue weighted by atomic mass is 10.1. The third-order valence-corrected chi connectivity index (χ3v) is 3.19. The molecule has 0 saturated carbocycles. The summed E-state index contributed by atoms with van der Waals surface area (Å²) < 4.78 is 0. The summed E-state index contributed by atoms with van der Waals surface area (Å²) in [6.45, 7) is 4.94. The molecular weight excluding hydrogens is 250 g/mol. The predicted octanol–water partition coefficient (Wildman–Crippen LogP) is 2.63. The molecule has 1 heterocycles. The van der Waals surface area contributed by atoms with Gasteiger partial charge in [0.05, 0.1) is 0 Å². The summed E-state index contributed by atoms with van der Waals surface area (Å²) in [6, 6.07) is 13.1. The molecule has 104 valence electrons. The van der Waals surface area contributed by atoms with Gasteiger partial charge in [0.2, 0.25) is 0 Å². The van der Waals surface area contributed by atoms with Gasteiger partial charge < -0.3 is 10.6 Å². The molecule has 0 saturated heterocycles. The van der Waals surface area contributed by atoms with Crippen molar-refractivity contribution in [3.63, 3.8) is 0 Å². The summed E-state index contributed by atoms with van der Waals surface area (Å²) in [4.78, 5) is 18.5. The van der Waals surface area contributed by atoms with Gasteiger partial charge >= 0.3 is 0 Å². The molecule has 2 rings (SSSR count). The van der Waals surface area contributed by atoms with Crippen LogP contribution in [0.5, 0.6) is 0 Å². The van der Waals surface area contributed by atoms with Crippen LogP contribution in [0.25, 0.3) is 0 Å². The molecule has 0 atom stereocenters. The molecular formula is C16H19N3O. The van der Waals surface area contributed by atoms with Crippen molar-refractivity contribution in [3.05, 3.63) is 59.4 Å². The van der Waals surface area contributed by atoms with Gasteiger partial charge in [0.1, 0.15) is 5.69 Å². The number of rotatable bonds is 4. The molecule has 1 aromatic carbocycles. The van der Waals surface area contributed by atoms with E-state index in [0.717, 1.165) is 11.3 Å². The van der Waals surface area contributed by atoms with Crippen LogP contribution in [0.4, 0.5) is 5.69 Å². The first kappa shape index (κ1) is 14.1. The summed E-state index contributed by atoms with van der Waals surface area (Å²) >= 11 is 0. The fourth-order valence-electron chi connectivity index (χ4n) is 2.04. The maximum absolute atomic E-state index is 12.5. The van der Waals surface area contributed by atoms with Crippen molar-refractivity contribution < 1.29 is 4.79 Å². The van der Waals surface area contributed by atoms with Gasteiger partial charge in [-0.05, 0) is 37.6 Å². The third kappa shape index (κ3) is 3.15. The van der Waals surface area contributed by atoms with Gasteiger partial charge in [0.25, 0.3) is 5.91 Å². The molecule has 0 unspecified atom stereocenters. The second-order valence-electron chi connectivity index (χ2n) is 4.68. The van der Waals surface area contributed by atoms with Gasteiger partial charge in [-0.15, -0.1) is 0 Å². The van der Waals surface area contributed by atoms with Gasteiger partial charge in [-0.25, -0.2) is 4.98 Å². The summed E-state index contributed by atoms with van der Waals surface area (Å²) in [7, 11) is 0. The lowest BCUT2D eigenvalue weighted by Gasteiger charge is -2.21. The minimum absolute atomic E-state index is 0.0700. The van der Waals surface area contributed by atoms with E-state index >= 15 is 0 Å². The summed E-state index contributed by atoms with van der Waals surface area (Å²) in [5, 5.41) is 0. The Labute approximate surface area is 119 Å². The standard InChI is InChI=1S/C16H19N3O/c1-3-19(11-13-8-4-5-9-14(13)17)16(20)15-10-6-7-12(2)18-15/h4-10H,3,11,17H2,1-2H3. The molecule has 4 heteroatoms. The molecule has 1 amide bonds. The minimum atomic E-state index is -0.0700. The SMILES string of the molecule is CCN(Cc1ccccc1N)C(=O)c1cccc(C)n1. The Kier molecular flexibility index (Phi) is 4.35. The Balaban J connectivity index is 2.20. The van der Waals surface area contributed by atoms with Crippen molar-refractivity contribution in [2.45, 2.75) is 20.4 Å². The van der Waals surface area contributed by atoms with Crippen molar-refractivity contribution in [1.82, 2.24) is 9.88 Å². The van der Waals surface area contributed by atoms with Crippen molar-refractivity contribution in [2.75, 3.05) is 12.3 Å². The van der Waals surface area contributed by atoms with Crippen LogP contribution in [0, 0.1) is 6.92 Å². The number of carbonyl (C=O) groups excluding carboxylic acids is 1. The average molecular weight is 269 g/mol. The number of hydrogen-bond donors (Lipinski definition) is 1. The van der Waals surface area contributed by atoms with E-state index < -0.39 is 0 Å². The Hall–Kier alpha value is -2.36. The minimum Gasteiger partial charge on any atom is -0.398 e. The van der Waals surface area contributed by atoms with Gasteiger partial charge in [-0.3, -0.25) is 4.79 Å². The van der Waals surface area contributed by atoms with Crippen molar-refractivity contribution in [3.8, 4) is 0 Å². The largest absolute Gasteiger partial charge is 0.398 e. The Morgan fingerprint density at radius 2 is 1.95 bits per heavy atom. The first-order valence-corrected chi connectivity index (χ1v) is 6.68. The number of aryl methyl sites for hydroxylation is 1. The van der Waals surface area contributed by atoms with Crippen molar-refractivity contribution in [2.24, 2.45) is 0 Å². The average Bonchev–Trinajstić information content (AvgIpc) is 2.46. The van der Waals surface area contributed by atoms with Crippen LogP contribution in [0.1, 0.15) is 28.7 Å². The van der Waals surface area contributed by atoms with Crippen LogP contribution in [-0.4, -0.2) is 22.3 Å². The Bertz CT molecular complexity index is 610. The van der Waals surface area contributed by atoms with E-state index in [-0.39, 0.29) is 5.91 Å². The van der Waals surface area contributed by atoms with E-state index in [9.17, 15) is 4.79 Å². The smallest absolute Gasteiger partial charge is 0.272 e. The second-order valence-corrected chi connectivity index (χ2v) is 4.68. The molecule has 0 radical (unpaired) electrons. The lowest BCUT2D eigenvalue weighted by Crippen LogP contribution is -2.31. The maximum Gasteiger partial charge on any atom is 0.272 e. The second kappa shape index (κ2) is 6.19. The topological polar surface area (TPSA) is 59.2 Å². The van der Waals surface area contributed by atoms with Crippen LogP contribution in [0.3, 0.4) is 0 Å². The number of amides is 1. The highest BCUT2D eigenvalue weighted by molar-refractivity contribution is 5.92. The van der Waals surface area contributed by atoms with Crippen LogP contribution in [0.15, 0.2) is 42.5 Å². The number of nitrogens with zero attached hydrogens (tertiary/aromatic N) is 2. The molecule has 0 spiro atoms. The highest BCUT2D eigenvalue weighted by Gasteiger charge is 2.16. The fourth-order valence-corrected chi connectivity index (χ4v) is 2.04. The fraction of sp³-hybridized carbons (Fsp3) is 0.250. The molecule has 2 aromatic rings. The molecule has 0 aliphatic heterocycles. The number of nitrogen functional groups attached to an aromatic ring is 1. The highest BCUT2D eigenvalue weighted by Crippen LogP contribution is 2.15. The van der Waals surface area contributed by atoms with E-state index in [1.165, 1.54) is 0 Å². The number of para-hydroxylation sites is 1. The first-order chi connectivity index (χ1) is 9.61. The molecule has 0 aliphatic rings. The Morgan fingerprint density at radius 1 is 1.20 bits per heavy atom. The van der Waals surface area contributed by atoms with E-state index in [4.69, 9.17) is 5.73 Å².